The fourth-order valence-corrected chi connectivity index (χ4v) is 1.51. The van der Waals surface area contributed by atoms with Gasteiger partial charge in [-0.05, 0) is 17.7 Å². The maximum Gasteiger partial charge on any atom is 0.170 e. The van der Waals surface area contributed by atoms with E-state index in [4.69, 9.17) is 14.7 Å². The summed E-state index contributed by atoms with van der Waals surface area (Å²) in [6.07, 6.45) is -2.61. The van der Waals surface area contributed by atoms with Gasteiger partial charge in [-0.2, -0.15) is 5.26 Å². The van der Waals surface area contributed by atoms with Crippen LogP contribution >= 0.6 is 0 Å². The Morgan fingerprint density at radius 1 is 1.28 bits per heavy atom. The normalized spacial score (nSPS) is 13.3. The van der Waals surface area contributed by atoms with Gasteiger partial charge in [-0.3, -0.25) is 4.79 Å². The molecule has 0 aromatic heterocycles. The molecule has 6 heteroatoms. The smallest absolute Gasteiger partial charge is 0.170 e. The molecule has 0 saturated heterocycles. The van der Waals surface area contributed by atoms with Gasteiger partial charge in [0, 0.05) is 5.56 Å². The molecule has 0 aliphatic carbocycles. The van der Waals surface area contributed by atoms with Crippen molar-refractivity contribution in [1.82, 2.24) is 0 Å². The monoisotopic (exact) mass is 251 g/mol. The minimum absolute atomic E-state index is 0.108. The van der Waals surface area contributed by atoms with Crippen LogP contribution in [0.15, 0.2) is 12.1 Å². The van der Waals surface area contributed by atoms with Crippen molar-refractivity contribution >= 4 is 6.29 Å². The largest absolute Gasteiger partial charge is 0.493 e. The van der Waals surface area contributed by atoms with E-state index in [1.54, 1.807) is 0 Å². The SMILES string of the molecule is COc1cc(C=O)c(C(O)C(O)C#N)cc1OC. The van der Waals surface area contributed by atoms with Gasteiger partial charge in [0.15, 0.2) is 23.9 Å². The van der Waals surface area contributed by atoms with Crippen LogP contribution in [0.3, 0.4) is 0 Å². The van der Waals surface area contributed by atoms with Gasteiger partial charge in [0.25, 0.3) is 0 Å². The third-order valence-corrected chi connectivity index (χ3v) is 2.47. The summed E-state index contributed by atoms with van der Waals surface area (Å²) in [5, 5.41) is 27.6. The van der Waals surface area contributed by atoms with E-state index < -0.39 is 12.2 Å². The number of hydrogen-bond donors (Lipinski definition) is 2. The Kier molecular flexibility index (Phi) is 4.66. The van der Waals surface area contributed by atoms with Crippen molar-refractivity contribution in [3.63, 3.8) is 0 Å². The highest BCUT2D eigenvalue weighted by molar-refractivity contribution is 5.79. The number of aldehydes is 1. The van der Waals surface area contributed by atoms with Gasteiger partial charge in [0.05, 0.1) is 20.3 Å². The molecule has 0 radical (unpaired) electrons. The van der Waals surface area contributed by atoms with Crippen LogP contribution in [0.25, 0.3) is 0 Å². The Balaban J connectivity index is 3.34. The number of hydrogen-bond acceptors (Lipinski definition) is 6. The third kappa shape index (κ3) is 2.59. The molecule has 0 saturated carbocycles. The lowest BCUT2D eigenvalue weighted by Crippen LogP contribution is -2.17. The van der Waals surface area contributed by atoms with E-state index in [9.17, 15) is 15.0 Å². The Morgan fingerprint density at radius 3 is 2.28 bits per heavy atom. The van der Waals surface area contributed by atoms with Crippen LogP contribution in [0.1, 0.15) is 22.0 Å². The second-order valence-electron chi connectivity index (χ2n) is 3.47. The number of aliphatic hydroxyl groups excluding tert-OH is 2. The number of nitrogens with zero attached hydrogens (tertiary/aromatic N) is 1. The summed E-state index contributed by atoms with van der Waals surface area (Å²) < 4.78 is 10.0. The summed E-state index contributed by atoms with van der Waals surface area (Å²) in [7, 11) is 2.81. The topological polar surface area (TPSA) is 99.8 Å². The number of carbonyl (C=O) groups excluding carboxylic acids is 1. The first-order valence-corrected chi connectivity index (χ1v) is 5.05. The van der Waals surface area contributed by atoms with Crippen LogP contribution in [0.2, 0.25) is 0 Å². The van der Waals surface area contributed by atoms with Gasteiger partial charge in [-0.1, -0.05) is 0 Å². The van der Waals surface area contributed by atoms with Gasteiger partial charge in [0.1, 0.15) is 6.10 Å². The first-order chi connectivity index (χ1) is 8.58. The molecule has 2 unspecified atom stereocenters. The summed E-state index contributed by atoms with van der Waals surface area (Å²) in [5.41, 5.74) is 0.228. The molecule has 1 rings (SSSR count). The second kappa shape index (κ2) is 6.00. The molecule has 0 spiro atoms. The molecule has 96 valence electrons. The van der Waals surface area contributed by atoms with E-state index in [2.05, 4.69) is 0 Å². The standard InChI is InChI=1S/C12H13NO5/c1-17-10-3-7(6-14)8(4-11(10)18-2)12(16)9(15)5-13/h3-4,6,9,12,15-16H,1-2H3. The quantitative estimate of drug-likeness (QED) is 0.581. The Bertz CT molecular complexity index is 480. The predicted molar refractivity (Wildman–Crippen MR) is 61.5 cm³/mol. The number of carbonyl (C=O) groups is 1. The molecular weight excluding hydrogens is 238 g/mol. The van der Waals surface area contributed by atoms with Crippen molar-refractivity contribution < 1.29 is 24.5 Å². The molecule has 0 fully saturated rings. The van der Waals surface area contributed by atoms with Gasteiger partial charge in [-0.25, -0.2) is 0 Å². The zero-order valence-electron chi connectivity index (χ0n) is 9.95. The predicted octanol–water partition coefficient (Wildman–Crippen LogP) is 0.434. The molecule has 1 aromatic carbocycles. The van der Waals surface area contributed by atoms with Crippen molar-refractivity contribution in [3.8, 4) is 17.6 Å². The molecule has 0 heterocycles. The van der Waals surface area contributed by atoms with Crippen LogP contribution in [0.5, 0.6) is 11.5 Å². The number of methoxy groups -OCH3 is 2. The summed E-state index contributed by atoms with van der Waals surface area (Å²) >= 11 is 0. The van der Waals surface area contributed by atoms with Crippen LogP contribution in [0, 0.1) is 11.3 Å². The summed E-state index contributed by atoms with van der Waals surface area (Å²) in [4.78, 5) is 10.9. The summed E-state index contributed by atoms with van der Waals surface area (Å²) in [6, 6.07) is 4.22. The lowest BCUT2D eigenvalue weighted by atomic mass is 9.99. The lowest BCUT2D eigenvalue weighted by molar-refractivity contribution is 0.0520. The molecule has 6 nitrogen and oxygen atoms in total. The number of rotatable bonds is 5. The highest BCUT2D eigenvalue weighted by atomic mass is 16.5. The molecule has 0 aliphatic rings. The molecule has 0 amide bonds. The molecular formula is C12H13NO5. The molecule has 18 heavy (non-hydrogen) atoms. The van der Waals surface area contributed by atoms with Crippen molar-refractivity contribution in [1.29, 1.82) is 5.26 Å². The van der Waals surface area contributed by atoms with Crippen molar-refractivity contribution in [3.05, 3.63) is 23.3 Å². The Hall–Kier alpha value is -2.10. The van der Waals surface area contributed by atoms with E-state index in [0.717, 1.165) is 0 Å². The average Bonchev–Trinajstić information content (AvgIpc) is 2.43. The number of benzene rings is 1. The van der Waals surface area contributed by atoms with Gasteiger partial charge < -0.3 is 19.7 Å². The van der Waals surface area contributed by atoms with Gasteiger partial charge in [0.2, 0.25) is 0 Å². The number of aliphatic hydroxyl groups is 2. The van der Waals surface area contributed by atoms with E-state index in [1.807, 2.05) is 0 Å². The van der Waals surface area contributed by atoms with E-state index in [0.29, 0.717) is 17.8 Å². The Labute approximate surface area is 104 Å². The van der Waals surface area contributed by atoms with Gasteiger partial charge in [-0.15, -0.1) is 0 Å². The maximum atomic E-state index is 10.9. The highest BCUT2D eigenvalue weighted by Crippen LogP contribution is 2.33. The first-order valence-electron chi connectivity index (χ1n) is 5.05. The fraction of sp³-hybridized carbons (Fsp3) is 0.333. The van der Waals surface area contributed by atoms with E-state index in [-0.39, 0.29) is 11.1 Å². The third-order valence-electron chi connectivity index (χ3n) is 2.47. The van der Waals surface area contributed by atoms with Crippen LogP contribution in [-0.4, -0.2) is 36.8 Å². The van der Waals surface area contributed by atoms with Crippen molar-refractivity contribution in [2.24, 2.45) is 0 Å². The maximum absolute atomic E-state index is 10.9. The summed E-state index contributed by atoms with van der Waals surface area (Å²) in [5.74, 6) is 0.615. The van der Waals surface area contributed by atoms with E-state index in [1.165, 1.54) is 32.4 Å². The molecule has 0 bridgehead atoms. The molecule has 1 aromatic rings. The van der Waals surface area contributed by atoms with Gasteiger partial charge >= 0.3 is 0 Å². The molecule has 2 atom stereocenters. The van der Waals surface area contributed by atoms with Crippen LogP contribution in [-0.2, 0) is 0 Å². The van der Waals surface area contributed by atoms with E-state index >= 15 is 0 Å². The minimum Gasteiger partial charge on any atom is -0.493 e. The summed E-state index contributed by atoms with van der Waals surface area (Å²) in [6.45, 7) is 0. The van der Waals surface area contributed by atoms with Crippen LogP contribution < -0.4 is 9.47 Å². The fourth-order valence-electron chi connectivity index (χ4n) is 1.51. The minimum atomic E-state index is -1.62. The zero-order chi connectivity index (χ0) is 13.7. The number of ether oxygens (including phenoxy) is 2. The van der Waals surface area contributed by atoms with Crippen molar-refractivity contribution in [2.75, 3.05) is 14.2 Å². The second-order valence-corrected chi connectivity index (χ2v) is 3.47. The van der Waals surface area contributed by atoms with Crippen molar-refractivity contribution in [2.45, 2.75) is 12.2 Å². The first kappa shape index (κ1) is 14.0. The number of nitriles is 1. The van der Waals surface area contributed by atoms with Crippen LogP contribution in [0.4, 0.5) is 0 Å². The average molecular weight is 251 g/mol. The lowest BCUT2D eigenvalue weighted by Gasteiger charge is -2.17. The Morgan fingerprint density at radius 2 is 1.83 bits per heavy atom. The molecule has 0 aliphatic heterocycles. The molecule has 2 N–H and O–H groups in total. The zero-order valence-corrected chi connectivity index (χ0v) is 9.95. The highest BCUT2D eigenvalue weighted by Gasteiger charge is 2.23.